The molecule has 0 unspecified atom stereocenters. The summed E-state index contributed by atoms with van der Waals surface area (Å²) in [5, 5.41) is 3.24. The van der Waals surface area contributed by atoms with Gasteiger partial charge >= 0.3 is 0 Å². The van der Waals surface area contributed by atoms with Crippen LogP contribution in [0.25, 0.3) is 0 Å². The number of carbonyl (C=O) groups is 1. The molecule has 0 spiro atoms. The normalized spacial score (nSPS) is 10.8. The SMILES string of the molecule is C=C(C)CNC(=NCC(=O)N(C)C)N(C)Cc1cc(Br)cn1C.I. The smallest absolute Gasteiger partial charge is 0.243 e. The standard InChI is InChI=1S/C16H26BrN5O.HI/c1-12(2)8-18-16(19-9-15(23)20(3)4)22(6)11-14-7-13(17)10-21(14)5;/h7,10H,1,8-9,11H2,2-6H3,(H,18,19);1H. The van der Waals surface area contributed by atoms with Gasteiger partial charge in [0.25, 0.3) is 0 Å². The lowest BCUT2D eigenvalue weighted by Crippen LogP contribution is -2.40. The second kappa shape index (κ2) is 10.8. The van der Waals surface area contributed by atoms with E-state index in [4.69, 9.17) is 0 Å². The average Bonchev–Trinajstić information content (AvgIpc) is 2.75. The topological polar surface area (TPSA) is 52.9 Å². The molecule has 8 heteroatoms. The van der Waals surface area contributed by atoms with Crippen LogP contribution in [0.5, 0.6) is 0 Å². The quantitative estimate of drug-likeness (QED) is 0.276. The minimum absolute atomic E-state index is 0. The van der Waals surface area contributed by atoms with E-state index in [0.717, 1.165) is 15.7 Å². The van der Waals surface area contributed by atoms with Crippen LogP contribution in [0.15, 0.2) is 33.9 Å². The second-order valence-corrected chi connectivity index (χ2v) is 6.77. The zero-order chi connectivity index (χ0) is 17.6. The summed E-state index contributed by atoms with van der Waals surface area (Å²) in [4.78, 5) is 19.7. The summed E-state index contributed by atoms with van der Waals surface area (Å²) in [6, 6.07) is 2.07. The van der Waals surface area contributed by atoms with Crippen LogP contribution in [0, 0.1) is 0 Å². The van der Waals surface area contributed by atoms with Gasteiger partial charge in [0.2, 0.25) is 5.91 Å². The lowest BCUT2D eigenvalue weighted by Gasteiger charge is -2.23. The van der Waals surface area contributed by atoms with Crippen LogP contribution in [-0.2, 0) is 18.4 Å². The number of rotatable bonds is 6. The van der Waals surface area contributed by atoms with Crippen molar-refractivity contribution in [3.8, 4) is 0 Å². The van der Waals surface area contributed by atoms with E-state index < -0.39 is 0 Å². The molecule has 1 heterocycles. The fourth-order valence-electron chi connectivity index (χ4n) is 1.87. The maximum atomic E-state index is 11.8. The van der Waals surface area contributed by atoms with Crippen molar-refractivity contribution in [1.82, 2.24) is 19.7 Å². The molecule has 1 N–H and O–H groups in total. The summed E-state index contributed by atoms with van der Waals surface area (Å²) < 4.78 is 3.10. The number of amides is 1. The third-order valence-corrected chi connectivity index (χ3v) is 3.68. The molecule has 24 heavy (non-hydrogen) atoms. The number of carbonyl (C=O) groups excluding carboxylic acids is 1. The summed E-state index contributed by atoms with van der Waals surface area (Å²) in [6.45, 7) is 7.26. The molecule has 0 aliphatic carbocycles. The van der Waals surface area contributed by atoms with E-state index in [-0.39, 0.29) is 36.4 Å². The first-order valence-electron chi connectivity index (χ1n) is 7.35. The summed E-state index contributed by atoms with van der Waals surface area (Å²) in [6.07, 6.45) is 2.01. The number of likely N-dealkylation sites (N-methyl/N-ethyl adjacent to an activating group) is 1. The fraction of sp³-hybridized carbons (Fsp3) is 0.500. The zero-order valence-corrected chi connectivity index (χ0v) is 18.9. The number of halogens is 2. The molecular formula is C16H27BrIN5O. The van der Waals surface area contributed by atoms with Gasteiger partial charge in [0.15, 0.2) is 5.96 Å². The minimum atomic E-state index is -0.0327. The van der Waals surface area contributed by atoms with Gasteiger partial charge in [-0.05, 0) is 28.9 Å². The van der Waals surface area contributed by atoms with E-state index in [1.54, 1.807) is 14.1 Å². The van der Waals surface area contributed by atoms with Crippen molar-refractivity contribution in [2.45, 2.75) is 13.5 Å². The van der Waals surface area contributed by atoms with Crippen molar-refractivity contribution in [2.75, 3.05) is 34.2 Å². The monoisotopic (exact) mass is 511 g/mol. The first-order valence-corrected chi connectivity index (χ1v) is 8.14. The molecule has 0 aliphatic rings. The Labute approximate surface area is 170 Å². The molecule has 0 saturated carbocycles. The maximum absolute atomic E-state index is 11.8. The van der Waals surface area contributed by atoms with Crippen molar-refractivity contribution in [1.29, 1.82) is 0 Å². The Bertz CT molecular complexity index is 597. The Kier molecular flexibility index (Phi) is 10.3. The van der Waals surface area contributed by atoms with Gasteiger partial charge in [0.05, 0.1) is 6.54 Å². The van der Waals surface area contributed by atoms with Crippen molar-refractivity contribution in [3.63, 3.8) is 0 Å². The maximum Gasteiger partial charge on any atom is 0.243 e. The molecule has 0 atom stereocenters. The average molecular weight is 512 g/mol. The van der Waals surface area contributed by atoms with E-state index in [0.29, 0.717) is 19.0 Å². The van der Waals surface area contributed by atoms with Gasteiger partial charge in [-0.2, -0.15) is 0 Å². The van der Waals surface area contributed by atoms with Gasteiger partial charge in [0.1, 0.15) is 6.54 Å². The van der Waals surface area contributed by atoms with Gasteiger partial charge in [-0.15, -0.1) is 24.0 Å². The highest BCUT2D eigenvalue weighted by atomic mass is 127. The molecule has 0 bridgehead atoms. The number of nitrogens with one attached hydrogen (secondary N) is 1. The van der Waals surface area contributed by atoms with Crippen LogP contribution >= 0.6 is 39.9 Å². The van der Waals surface area contributed by atoms with Crippen molar-refractivity contribution in [2.24, 2.45) is 12.0 Å². The Morgan fingerprint density at radius 1 is 1.42 bits per heavy atom. The Morgan fingerprint density at radius 3 is 2.50 bits per heavy atom. The van der Waals surface area contributed by atoms with Crippen LogP contribution in [0.4, 0.5) is 0 Å². The lowest BCUT2D eigenvalue weighted by molar-refractivity contribution is -0.127. The second-order valence-electron chi connectivity index (χ2n) is 5.86. The number of nitrogens with zero attached hydrogens (tertiary/aromatic N) is 4. The van der Waals surface area contributed by atoms with Crippen LogP contribution < -0.4 is 5.32 Å². The van der Waals surface area contributed by atoms with Crippen LogP contribution in [0.2, 0.25) is 0 Å². The first-order chi connectivity index (χ1) is 10.7. The van der Waals surface area contributed by atoms with Crippen molar-refractivity contribution >= 4 is 51.8 Å². The van der Waals surface area contributed by atoms with Gasteiger partial charge < -0.3 is 19.7 Å². The predicted octanol–water partition coefficient (Wildman–Crippen LogP) is 2.45. The molecule has 1 amide bonds. The lowest BCUT2D eigenvalue weighted by atomic mass is 10.3. The Morgan fingerprint density at radius 2 is 2.04 bits per heavy atom. The summed E-state index contributed by atoms with van der Waals surface area (Å²) >= 11 is 3.48. The predicted molar refractivity (Wildman–Crippen MR) is 114 cm³/mol. The molecule has 0 fully saturated rings. The zero-order valence-electron chi connectivity index (χ0n) is 15.0. The minimum Gasteiger partial charge on any atom is -0.353 e. The van der Waals surface area contributed by atoms with Gasteiger partial charge in [-0.25, -0.2) is 4.99 Å². The highest BCUT2D eigenvalue weighted by molar-refractivity contribution is 14.0. The third kappa shape index (κ3) is 7.69. The molecule has 1 aromatic rings. The van der Waals surface area contributed by atoms with Crippen molar-refractivity contribution in [3.05, 3.63) is 34.6 Å². The highest BCUT2D eigenvalue weighted by Crippen LogP contribution is 2.15. The van der Waals surface area contributed by atoms with E-state index in [9.17, 15) is 4.79 Å². The first kappa shape index (κ1) is 23.0. The molecule has 136 valence electrons. The molecule has 1 aromatic heterocycles. The highest BCUT2D eigenvalue weighted by Gasteiger charge is 2.11. The number of aryl methyl sites for hydroxylation is 1. The molecular weight excluding hydrogens is 485 g/mol. The Balaban J connectivity index is 0.00000529. The van der Waals surface area contributed by atoms with Gasteiger partial charge in [-0.1, -0.05) is 12.2 Å². The van der Waals surface area contributed by atoms with E-state index >= 15 is 0 Å². The largest absolute Gasteiger partial charge is 0.353 e. The molecule has 0 aliphatic heterocycles. The number of hydrogen-bond donors (Lipinski definition) is 1. The fourth-order valence-corrected chi connectivity index (χ4v) is 2.44. The molecule has 0 radical (unpaired) electrons. The van der Waals surface area contributed by atoms with Crippen LogP contribution in [-0.4, -0.2) is 60.5 Å². The summed E-state index contributed by atoms with van der Waals surface area (Å²) in [5.74, 6) is 0.648. The van der Waals surface area contributed by atoms with Gasteiger partial charge in [-0.3, -0.25) is 4.79 Å². The van der Waals surface area contributed by atoms with E-state index in [2.05, 4.69) is 43.5 Å². The van der Waals surface area contributed by atoms with Crippen LogP contribution in [0.1, 0.15) is 12.6 Å². The van der Waals surface area contributed by atoms with E-state index in [1.165, 1.54) is 4.90 Å². The summed E-state index contributed by atoms with van der Waals surface area (Å²) in [5.41, 5.74) is 2.15. The van der Waals surface area contributed by atoms with E-state index in [1.807, 2.05) is 32.1 Å². The Hall–Kier alpha value is -1.03. The van der Waals surface area contributed by atoms with Crippen LogP contribution in [0.3, 0.4) is 0 Å². The van der Waals surface area contributed by atoms with Gasteiger partial charge in [0, 0.05) is 51.1 Å². The number of guanidine groups is 1. The number of aromatic nitrogens is 1. The molecule has 1 rings (SSSR count). The third-order valence-electron chi connectivity index (χ3n) is 3.25. The molecule has 6 nitrogen and oxygen atoms in total. The summed E-state index contributed by atoms with van der Waals surface area (Å²) in [7, 11) is 7.40. The number of aliphatic imine (C=N–C) groups is 1. The molecule has 0 saturated heterocycles. The van der Waals surface area contributed by atoms with Crippen molar-refractivity contribution < 1.29 is 4.79 Å². The number of hydrogen-bond acceptors (Lipinski definition) is 2. The molecule has 0 aromatic carbocycles.